The van der Waals surface area contributed by atoms with Crippen LogP contribution in [0.3, 0.4) is 0 Å². The summed E-state index contributed by atoms with van der Waals surface area (Å²) in [5.74, 6) is 1.71. The molecule has 2 rings (SSSR count). The summed E-state index contributed by atoms with van der Waals surface area (Å²) in [6.07, 6.45) is 4.97. The van der Waals surface area contributed by atoms with Gasteiger partial charge in [-0.15, -0.1) is 24.0 Å². The number of furan rings is 1. The summed E-state index contributed by atoms with van der Waals surface area (Å²) in [6.45, 7) is 8.83. The van der Waals surface area contributed by atoms with E-state index in [4.69, 9.17) is 4.42 Å². The number of likely N-dealkylation sites (N-methyl/N-ethyl adjacent to an activating group) is 2. The van der Waals surface area contributed by atoms with E-state index in [2.05, 4.69) is 27.4 Å². The van der Waals surface area contributed by atoms with Gasteiger partial charge in [-0.3, -0.25) is 9.89 Å². The molecule has 1 aromatic rings. The van der Waals surface area contributed by atoms with Crippen molar-refractivity contribution in [3.05, 3.63) is 24.2 Å². The van der Waals surface area contributed by atoms with Gasteiger partial charge in [-0.25, -0.2) is 0 Å². The first-order valence-electron chi connectivity index (χ1n) is 10.1. The van der Waals surface area contributed by atoms with Gasteiger partial charge in [0.1, 0.15) is 5.76 Å². The highest BCUT2D eigenvalue weighted by atomic mass is 127. The number of hydrogen-bond donors (Lipinski definition) is 3. The van der Waals surface area contributed by atoms with Crippen LogP contribution in [0.5, 0.6) is 0 Å². The molecule has 1 aromatic heterocycles. The first kappa shape index (κ1) is 25.2. The highest BCUT2D eigenvalue weighted by molar-refractivity contribution is 14.0. The van der Waals surface area contributed by atoms with Gasteiger partial charge in [0.2, 0.25) is 0 Å². The van der Waals surface area contributed by atoms with Gasteiger partial charge < -0.3 is 25.1 Å². The number of nitrogens with zero attached hydrogens (tertiary/aromatic N) is 3. The lowest BCUT2D eigenvalue weighted by molar-refractivity contribution is 0.0423. The van der Waals surface area contributed by atoms with Crippen LogP contribution >= 0.6 is 24.0 Å². The van der Waals surface area contributed by atoms with Crippen LogP contribution in [0.4, 0.5) is 0 Å². The maximum absolute atomic E-state index is 10.5. The van der Waals surface area contributed by atoms with Crippen molar-refractivity contribution in [1.29, 1.82) is 0 Å². The maximum atomic E-state index is 10.5. The second-order valence-corrected chi connectivity index (χ2v) is 7.96. The van der Waals surface area contributed by atoms with Crippen molar-refractivity contribution in [2.45, 2.75) is 44.8 Å². The fourth-order valence-electron chi connectivity index (χ4n) is 3.67. The van der Waals surface area contributed by atoms with Gasteiger partial charge in [-0.1, -0.05) is 6.92 Å². The van der Waals surface area contributed by atoms with E-state index in [1.54, 1.807) is 6.26 Å². The number of nitrogens with one attached hydrogen (secondary N) is 2. The molecule has 1 aliphatic heterocycles. The molecule has 162 valence electrons. The summed E-state index contributed by atoms with van der Waals surface area (Å²) in [6, 6.07) is 4.43. The van der Waals surface area contributed by atoms with Crippen LogP contribution in [0, 0.1) is 0 Å². The molecule has 2 unspecified atom stereocenters. The molecule has 7 nitrogen and oxygen atoms in total. The van der Waals surface area contributed by atoms with E-state index in [9.17, 15) is 5.11 Å². The molecule has 8 heteroatoms. The summed E-state index contributed by atoms with van der Waals surface area (Å²) < 4.78 is 5.39. The Labute approximate surface area is 187 Å². The van der Waals surface area contributed by atoms with Crippen LogP contribution in [-0.4, -0.2) is 85.9 Å². The SMILES string of the molecule is CCN1CCCC1CNC(=NCC(C)(O)CN(C)C)NCCc1ccco1.I. The smallest absolute Gasteiger partial charge is 0.191 e. The molecule has 2 heterocycles. The molecule has 0 bridgehead atoms. The Morgan fingerprint density at radius 1 is 1.43 bits per heavy atom. The van der Waals surface area contributed by atoms with Gasteiger partial charge in [0.25, 0.3) is 0 Å². The quantitative estimate of drug-likeness (QED) is 0.255. The van der Waals surface area contributed by atoms with E-state index in [1.165, 1.54) is 19.4 Å². The zero-order chi connectivity index (χ0) is 19.7. The van der Waals surface area contributed by atoms with Crippen LogP contribution in [0.15, 0.2) is 27.8 Å². The minimum absolute atomic E-state index is 0. The third-order valence-electron chi connectivity index (χ3n) is 4.89. The van der Waals surface area contributed by atoms with Crippen molar-refractivity contribution in [1.82, 2.24) is 20.4 Å². The molecule has 1 fully saturated rings. The van der Waals surface area contributed by atoms with Gasteiger partial charge in [-0.2, -0.15) is 0 Å². The standard InChI is InChI=1S/C20H37N5O2.HI/c1-5-25-12-6-8-17(25)14-22-19(21-11-10-18-9-7-13-27-18)23-15-20(2,26)16-24(3)4;/h7,9,13,17,26H,5-6,8,10-12,14-16H2,1-4H3,(H2,21,22,23);1H. The van der Waals surface area contributed by atoms with Crippen molar-refractivity contribution < 1.29 is 9.52 Å². The highest BCUT2D eigenvalue weighted by Gasteiger charge is 2.24. The fourth-order valence-corrected chi connectivity index (χ4v) is 3.67. The number of hydrogen-bond acceptors (Lipinski definition) is 5. The normalized spacial score (nSPS) is 20.1. The summed E-state index contributed by atoms with van der Waals surface area (Å²) in [5.41, 5.74) is -0.859. The Hall–Kier alpha value is -0.840. The predicted molar refractivity (Wildman–Crippen MR) is 126 cm³/mol. The monoisotopic (exact) mass is 507 g/mol. The van der Waals surface area contributed by atoms with Gasteiger partial charge in [0.05, 0.1) is 18.4 Å². The topological polar surface area (TPSA) is 76.3 Å². The molecule has 1 saturated heterocycles. The summed E-state index contributed by atoms with van der Waals surface area (Å²) >= 11 is 0. The molecule has 0 aliphatic carbocycles. The Kier molecular flexibility index (Phi) is 11.4. The molecule has 3 N–H and O–H groups in total. The Morgan fingerprint density at radius 2 is 2.21 bits per heavy atom. The van der Waals surface area contributed by atoms with Crippen molar-refractivity contribution >= 4 is 29.9 Å². The number of rotatable bonds is 10. The zero-order valence-electron chi connectivity index (χ0n) is 17.8. The van der Waals surface area contributed by atoms with Crippen LogP contribution in [0.25, 0.3) is 0 Å². The Bertz CT molecular complexity index is 563. The molecule has 0 saturated carbocycles. The van der Waals surface area contributed by atoms with E-state index >= 15 is 0 Å². The van der Waals surface area contributed by atoms with Gasteiger partial charge in [-0.05, 0) is 59.1 Å². The Morgan fingerprint density at radius 3 is 2.86 bits per heavy atom. The second kappa shape index (κ2) is 12.7. The summed E-state index contributed by atoms with van der Waals surface area (Å²) in [4.78, 5) is 9.13. The largest absolute Gasteiger partial charge is 0.469 e. The molecular formula is C20H38IN5O2. The number of guanidine groups is 1. The van der Waals surface area contributed by atoms with E-state index in [0.717, 1.165) is 37.8 Å². The van der Waals surface area contributed by atoms with Crippen LogP contribution in [0.1, 0.15) is 32.4 Å². The van der Waals surface area contributed by atoms with E-state index in [1.807, 2.05) is 38.1 Å². The predicted octanol–water partition coefficient (Wildman–Crippen LogP) is 1.77. The highest BCUT2D eigenvalue weighted by Crippen LogP contribution is 2.15. The van der Waals surface area contributed by atoms with Crippen LogP contribution in [0.2, 0.25) is 0 Å². The third-order valence-corrected chi connectivity index (χ3v) is 4.89. The maximum Gasteiger partial charge on any atom is 0.191 e. The lowest BCUT2D eigenvalue weighted by atomic mass is 10.1. The van der Waals surface area contributed by atoms with Crippen molar-refractivity contribution in [3.63, 3.8) is 0 Å². The molecule has 0 spiro atoms. The summed E-state index contributed by atoms with van der Waals surface area (Å²) in [5, 5.41) is 17.4. The second-order valence-electron chi connectivity index (χ2n) is 7.96. The third kappa shape index (κ3) is 9.11. The lowest BCUT2D eigenvalue weighted by Crippen LogP contribution is -2.47. The minimum atomic E-state index is -0.859. The minimum Gasteiger partial charge on any atom is -0.469 e. The summed E-state index contributed by atoms with van der Waals surface area (Å²) in [7, 11) is 3.91. The molecule has 0 aromatic carbocycles. The van der Waals surface area contributed by atoms with E-state index in [0.29, 0.717) is 19.1 Å². The van der Waals surface area contributed by atoms with Crippen LogP contribution < -0.4 is 10.6 Å². The van der Waals surface area contributed by atoms with Crippen molar-refractivity contribution in [3.8, 4) is 0 Å². The fraction of sp³-hybridized carbons (Fsp3) is 0.750. The van der Waals surface area contributed by atoms with Gasteiger partial charge in [0, 0.05) is 32.1 Å². The number of likely N-dealkylation sites (tertiary alicyclic amines) is 1. The molecule has 28 heavy (non-hydrogen) atoms. The first-order chi connectivity index (χ1) is 12.9. The Balaban J connectivity index is 0.00000392. The average molecular weight is 507 g/mol. The number of halogens is 1. The average Bonchev–Trinajstić information content (AvgIpc) is 3.26. The van der Waals surface area contributed by atoms with E-state index in [-0.39, 0.29) is 24.0 Å². The van der Waals surface area contributed by atoms with Gasteiger partial charge in [0.15, 0.2) is 5.96 Å². The molecular weight excluding hydrogens is 469 g/mol. The molecule has 0 radical (unpaired) electrons. The molecule has 1 aliphatic rings. The number of aliphatic imine (C=N–C) groups is 1. The van der Waals surface area contributed by atoms with Crippen LogP contribution in [-0.2, 0) is 6.42 Å². The number of aliphatic hydroxyl groups is 1. The first-order valence-corrected chi connectivity index (χ1v) is 10.1. The van der Waals surface area contributed by atoms with Crippen molar-refractivity contribution in [2.24, 2.45) is 4.99 Å². The molecule has 2 atom stereocenters. The van der Waals surface area contributed by atoms with Gasteiger partial charge >= 0.3 is 0 Å². The van der Waals surface area contributed by atoms with Crippen molar-refractivity contribution in [2.75, 3.05) is 53.4 Å². The van der Waals surface area contributed by atoms with E-state index < -0.39 is 5.60 Å². The zero-order valence-corrected chi connectivity index (χ0v) is 20.1. The lowest BCUT2D eigenvalue weighted by Gasteiger charge is -2.26. The molecule has 0 amide bonds.